The number of ether oxygens (including phenoxy) is 2. The molecule has 138 valence electrons. The summed E-state index contributed by atoms with van der Waals surface area (Å²) in [5.41, 5.74) is 1.91. The molecule has 0 bridgehead atoms. The Bertz CT molecular complexity index is 767. The van der Waals surface area contributed by atoms with Crippen LogP contribution in [0.25, 0.3) is 0 Å². The summed E-state index contributed by atoms with van der Waals surface area (Å²) < 4.78 is 11.3. The van der Waals surface area contributed by atoms with E-state index in [1.54, 1.807) is 23.1 Å². The minimum Gasteiger partial charge on any atom is -0.475 e. The van der Waals surface area contributed by atoms with E-state index in [0.717, 1.165) is 11.3 Å². The van der Waals surface area contributed by atoms with Crippen LogP contribution in [0.4, 0.5) is 10.6 Å². The lowest BCUT2D eigenvalue weighted by Gasteiger charge is -2.32. The van der Waals surface area contributed by atoms with Crippen LogP contribution in [-0.2, 0) is 4.74 Å². The van der Waals surface area contributed by atoms with Crippen molar-refractivity contribution in [3.05, 3.63) is 46.7 Å². The van der Waals surface area contributed by atoms with Crippen molar-refractivity contribution in [2.75, 3.05) is 31.6 Å². The molecule has 2 aromatic rings. The number of aryl methyl sites for hydroxylation is 2. The van der Waals surface area contributed by atoms with Crippen molar-refractivity contribution >= 4 is 23.4 Å². The average molecular weight is 377 g/mol. The van der Waals surface area contributed by atoms with Crippen LogP contribution in [0.1, 0.15) is 11.3 Å². The molecule has 3 rings (SSSR count). The third-order valence-corrected chi connectivity index (χ3v) is 4.08. The van der Waals surface area contributed by atoms with E-state index in [2.05, 4.69) is 15.3 Å². The van der Waals surface area contributed by atoms with Gasteiger partial charge >= 0.3 is 6.03 Å². The van der Waals surface area contributed by atoms with E-state index in [0.29, 0.717) is 43.2 Å². The molecule has 3 heterocycles. The molecule has 0 aliphatic carbocycles. The van der Waals surface area contributed by atoms with Crippen LogP contribution < -0.4 is 10.1 Å². The Labute approximate surface area is 157 Å². The number of hydrogen-bond acceptors (Lipinski definition) is 5. The van der Waals surface area contributed by atoms with Gasteiger partial charge < -0.3 is 14.4 Å². The average Bonchev–Trinajstić information content (AvgIpc) is 2.59. The molecule has 1 N–H and O–H groups in total. The molecule has 26 heavy (non-hydrogen) atoms. The number of morpholine rings is 1. The summed E-state index contributed by atoms with van der Waals surface area (Å²) in [6.45, 7) is 5.55. The normalized spacial score (nSPS) is 17.0. The fourth-order valence-electron chi connectivity index (χ4n) is 2.75. The Kier molecular flexibility index (Phi) is 5.90. The Morgan fingerprint density at radius 2 is 2.23 bits per heavy atom. The van der Waals surface area contributed by atoms with Gasteiger partial charge in [-0.2, -0.15) is 0 Å². The number of hydrogen-bond donors (Lipinski definition) is 1. The summed E-state index contributed by atoms with van der Waals surface area (Å²) >= 11 is 5.84. The first kappa shape index (κ1) is 18.4. The highest BCUT2D eigenvalue weighted by atomic mass is 35.5. The van der Waals surface area contributed by atoms with Gasteiger partial charge in [0.05, 0.1) is 13.2 Å². The predicted molar refractivity (Wildman–Crippen MR) is 98.8 cm³/mol. The molecule has 0 saturated carbocycles. The van der Waals surface area contributed by atoms with E-state index in [4.69, 9.17) is 21.1 Å². The lowest BCUT2D eigenvalue weighted by atomic mass is 10.2. The second-order valence-electron chi connectivity index (χ2n) is 6.15. The molecule has 1 unspecified atom stereocenters. The molecule has 1 atom stereocenters. The second-order valence-corrected chi connectivity index (χ2v) is 6.54. The quantitative estimate of drug-likeness (QED) is 0.830. The minimum atomic E-state index is -0.234. The molecule has 2 aromatic heterocycles. The number of pyridine rings is 2. The van der Waals surface area contributed by atoms with Crippen molar-refractivity contribution in [1.82, 2.24) is 14.9 Å². The lowest BCUT2D eigenvalue weighted by Crippen LogP contribution is -2.49. The van der Waals surface area contributed by atoms with Crippen LogP contribution in [-0.4, -0.2) is 53.3 Å². The molecule has 1 aliphatic rings. The van der Waals surface area contributed by atoms with Gasteiger partial charge in [0, 0.05) is 18.3 Å². The maximum atomic E-state index is 12.5. The zero-order chi connectivity index (χ0) is 18.5. The maximum absolute atomic E-state index is 12.5. The Hall–Kier alpha value is -2.38. The Balaban J connectivity index is 1.54. The van der Waals surface area contributed by atoms with Crippen molar-refractivity contribution < 1.29 is 14.3 Å². The summed E-state index contributed by atoms with van der Waals surface area (Å²) in [6, 6.07) is 8.78. The Morgan fingerprint density at radius 3 is 3.00 bits per heavy atom. The van der Waals surface area contributed by atoms with Crippen LogP contribution in [0.15, 0.2) is 30.3 Å². The van der Waals surface area contributed by atoms with E-state index in [1.807, 2.05) is 26.0 Å². The van der Waals surface area contributed by atoms with Crippen LogP contribution in [0, 0.1) is 13.8 Å². The molecule has 1 aliphatic heterocycles. The van der Waals surface area contributed by atoms with E-state index >= 15 is 0 Å². The van der Waals surface area contributed by atoms with Gasteiger partial charge in [-0.05, 0) is 37.6 Å². The van der Waals surface area contributed by atoms with Crippen molar-refractivity contribution in [2.45, 2.75) is 20.0 Å². The summed E-state index contributed by atoms with van der Waals surface area (Å²) in [4.78, 5) is 22.6. The van der Waals surface area contributed by atoms with Gasteiger partial charge in [0.25, 0.3) is 0 Å². The molecule has 8 heteroatoms. The van der Waals surface area contributed by atoms with Gasteiger partial charge in [0.2, 0.25) is 5.88 Å². The smallest absolute Gasteiger partial charge is 0.323 e. The van der Waals surface area contributed by atoms with E-state index in [1.165, 1.54) is 0 Å². The number of halogens is 1. The van der Waals surface area contributed by atoms with Crippen molar-refractivity contribution in [3.8, 4) is 5.88 Å². The fourth-order valence-corrected chi connectivity index (χ4v) is 2.90. The van der Waals surface area contributed by atoms with Gasteiger partial charge in [-0.25, -0.2) is 14.8 Å². The van der Waals surface area contributed by atoms with Crippen LogP contribution in [0.3, 0.4) is 0 Å². The van der Waals surface area contributed by atoms with Gasteiger partial charge in [0.1, 0.15) is 23.7 Å². The van der Waals surface area contributed by atoms with E-state index in [9.17, 15) is 4.79 Å². The number of nitrogens with one attached hydrogen (secondary N) is 1. The molecule has 0 spiro atoms. The number of nitrogens with zero attached hydrogens (tertiary/aromatic N) is 3. The first-order chi connectivity index (χ1) is 12.5. The van der Waals surface area contributed by atoms with Crippen molar-refractivity contribution in [2.24, 2.45) is 0 Å². The van der Waals surface area contributed by atoms with Gasteiger partial charge in [-0.15, -0.1) is 0 Å². The number of rotatable bonds is 4. The molecule has 1 saturated heterocycles. The highest BCUT2D eigenvalue weighted by Gasteiger charge is 2.25. The molecular weight excluding hydrogens is 356 g/mol. The minimum absolute atomic E-state index is 0.198. The molecule has 0 radical (unpaired) electrons. The largest absolute Gasteiger partial charge is 0.475 e. The number of urea groups is 1. The summed E-state index contributed by atoms with van der Waals surface area (Å²) in [7, 11) is 0. The van der Waals surface area contributed by atoms with Crippen molar-refractivity contribution in [1.29, 1.82) is 0 Å². The second kappa shape index (κ2) is 8.33. The number of carbonyl (C=O) groups is 1. The third-order valence-electron chi connectivity index (χ3n) is 3.87. The maximum Gasteiger partial charge on any atom is 0.323 e. The first-order valence-corrected chi connectivity index (χ1v) is 8.75. The number of anilines is 1. The topological polar surface area (TPSA) is 76.6 Å². The fraction of sp³-hybridized carbons (Fsp3) is 0.389. The van der Waals surface area contributed by atoms with Crippen LogP contribution >= 0.6 is 11.6 Å². The highest BCUT2D eigenvalue weighted by Crippen LogP contribution is 2.14. The highest BCUT2D eigenvalue weighted by molar-refractivity contribution is 6.29. The third kappa shape index (κ3) is 5.06. The molecule has 7 nitrogen and oxygen atoms in total. The zero-order valence-electron chi connectivity index (χ0n) is 14.7. The number of amides is 2. The van der Waals surface area contributed by atoms with Crippen LogP contribution in [0.5, 0.6) is 5.88 Å². The predicted octanol–water partition coefficient (Wildman–Crippen LogP) is 3.06. The van der Waals surface area contributed by atoms with Crippen LogP contribution in [0.2, 0.25) is 5.15 Å². The monoisotopic (exact) mass is 376 g/mol. The molecule has 2 amide bonds. The number of carbonyl (C=O) groups excluding carboxylic acids is 1. The van der Waals surface area contributed by atoms with Gasteiger partial charge in [-0.1, -0.05) is 17.7 Å². The molecule has 1 fully saturated rings. The standard InChI is InChI=1S/C18H21ClN4O3/c1-12-8-13(2)20-16(9-12)22-18(24)23-6-7-25-14(10-23)11-26-17-5-3-4-15(19)21-17/h3-5,8-9,14H,6-7,10-11H2,1-2H3,(H,20,22,24). The van der Waals surface area contributed by atoms with Gasteiger partial charge in [0.15, 0.2) is 0 Å². The molecule has 0 aromatic carbocycles. The summed E-state index contributed by atoms with van der Waals surface area (Å²) in [5.74, 6) is 0.983. The number of aromatic nitrogens is 2. The molecular formula is C18H21ClN4O3. The SMILES string of the molecule is Cc1cc(C)nc(NC(=O)N2CCOC(COc3cccc(Cl)n3)C2)c1. The van der Waals surface area contributed by atoms with E-state index in [-0.39, 0.29) is 12.1 Å². The summed E-state index contributed by atoms with van der Waals surface area (Å²) in [6.07, 6.45) is -0.234. The van der Waals surface area contributed by atoms with Crippen molar-refractivity contribution in [3.63, 3.8) is 0 Å². The summed E-state index contributed by atoms with van der Waals surface area (Å²) in [5, 5.41) is 3.21. The van der Waals surface area contributed by atoms with E-state index < -0.39 is 0 Å². The zero-order valence-corrected chi connectivity index (χ0v) is 15.5. The first-order valence-electron chi connectivity index (χ1n) is 8.38. The Morgan fingerprint density at radius 1 is 1.38 bits per heavy atom. The van der Waals surface area contributed by atoms with Gasteiger partial charge in [-0.3, -0.25) is 5.32 Å². The lowest BCUT2D eigenvalue weighted by molar-refractivity contribution is -0.0343.